The maximum absolute atomic E-state index is 12.7. The second-order valence-corrected chi connectivity index (χ2v) is 7.19. The molecule has 0 unspecified atom stereocenters. The molecule has 8 heteroatoms. The number of ether oxygens (including phenoxy) is 5. The summed E-state index contributed by atoms with van der Waals surface area (Å²) in [5, 5.41) is 2.93. The fourth-order valence-electron chi connectivity index (χ4n) is 3.33. The summed E-state index contributed by atoms with van der Waals surface area (Å²) in [7, 11) is 6.15. The van der Waals surface area contributed by atoms with Gasteiger partial charge in [-0.1, -0.05) is 24.3 Å². The largest absolute Gasteiger partial charge is 0.497 e. The highest BCUT2D eigenvalue weighted by molar-refractivity contribution is 5.92. The lowest BCUT2D eigenvalue weighted by Crippen LogP contribution is -2.33. The van der Waals surface area contributed by atoms with E-state index in [1.165, 1.54) is 20.3 Å². The van der Waals surface area contributed by atoms with Crippen molar-refractivity contribution >= 4 is 11.9 Å². The zero-order chi connectivity index (χ0) is 24.5. The quantitative estimate of drug-likeness (QED) is 0.456. The topological polar surface area (TPSA) is 92.3 Å². The maximum Gasteiger partial charge on any atom is 0.338 e. The number of carbonyl (C=O) groups excluding carboxylic acids is 2. The molecule has 0 saturated heterocycles. The van der Waals surface area contributed by atoms with Gasteiger partial charge in [0.05, 0.1) is 40.0 Å². The number of benzene rings is 3. The van der Waals surface area contributed by atoms with E-state index in [0.29, 0.717) is 23.0 Å². The molecule has 3 aromatic rings. The number of hydrogen-bond acceptors (Lipinski definition) is 7. The van der Waals surface area contributed by atoms with Crippen molar-refractivity contribution in [2.45, 2.75) is 6.04 Å². The molecule has 0 heterocycles. The van der Waals surface area contributed by atoms with Gasteiger partial charge in [0, 0.05) is 0 Å². The number of methoxy groups -OCH3 is 4. The summed E-state index contributed by atoms with van der Waals surface area (Å²) in [4.78, 5) is 25.2. The minimum absolute atomic E-state index is 0.243. The lowest BCUT2D eigenvalue weighted by atomic mass is 9.98. The van der Waals surface area contributed by atoms with E-state index in [9.17, 15) is 9.59 Å². The van der Waals surface area contributed by atoms with Crippen molar-refractivity contribution in [2.24, 2.45) is 0 Å². The van der Waals surface area contributed by atoms with Crippen molar-refractivity contribution < 1.29 is 33.3 Å². The first-order chi connectivity index (χ1) is 16.5. The monoisotopic (exact) mass is 465 g/mol. The highest BCUT2D eigenvalue weighted by atomic mass is 16.5. The Bertz CT molecular complexity index is 1060. The van der Waals surface area contributed by atoms with Crippen LogP contribution in [-0.2, 0) is 9.53 Å². The van der Waals surface area contributed by atoms with E-state index in [-0.39, 0.29) is 5.56 Å². The summed E-state index contributed by atoms with van der Waals surface area (Å²) < 4.78 is 26.0. The van der Waals surface area contributed by atoms with Crippen LogP contribution in [0.25, 0.3) is 0 Å². The van der Waals surface area contributed by atoms with Crippen molar-refractivity contribution in [3.63, 3.8) is 0 Å². The van der Waals surface area contributed by atoms with Gasteiger partial charge < -0.3 is 29.0 Å². The first-order valence-electron chi connectivity index (χ1n) is 10.5. The van der Waals surface area contributed by atoms with Gasteiger partial charge in [0.15, 0.2) is 18.1 Å². The van der Waals surface area contributed by atoms with E-state index in [4.69, 9.17) is 23.7 Å². The number of nitrogens with one attached hydrogen (secondary N) is 1. The summed E-state index contributed by atoms with van der Waals surface area (Å²) in [5.41, 5.74) is 1.92. The van der Waals surface area contributed by atoms with Gasteiger partial charge in [-0.2, -0.15) is 0 Å². The van der Waals surface area contributed by atoms with Gasteiger partial charge in [-0.05, 0) is 53.6 Å². The minimum atomic E-state index is -0.651. The van der Waals surface area contributed by atoms with Crippen LogP contribution in [-0.4, -0.2) is 46.9 Å². The fraction of sp³-hybridized carbons (Fsp3) is 0.231. The molecule has 0 aliphatic rings. The molecule has 1 N–H and O–H groups in total. The van der Waals surface area contributed by atoms with Gasteiger partial charge in [0.2, 0.25) is 0 Å². The van der Waals surface area contributed by atoms with Gasteiger partial charge in [-0.15, -0.1) is 0 Å². The molecule has 34 heavy (non-hydrogen) atoms. The molecule has 0 atom stereocenters. The Morgan fingerprint density at radius 2 is 1.24 bits per heavy atom. The molecule has 0 fully saturated rings. The lowest BCUT2D eigenvalue weighted by molar-refractivity contribution is -0.124. The summed E-state index contributed by atoms with van der Waals surface area (Å²) in [6.45, 7) is -0.448. The molecule has 0 aliphatic heterocycles. The molecule has 0 saturated carbocycles. The SMILES string of the molecule is COc1ccc(C(NC(=O)COC(=O)c2ccc(OC)c(OC)c2)c2ccc(OC)cc2)cc1. The predicted molar refractivity (Wildman–Crippen MR) is 126 cm³/mol. The number of amides is 1. The van der Waals surface area contributed by atoms with Crippen LogP contribution >= 0.6 is 0 Å². The van der Waals surface area contributed by atoms with Crippen molar-refractivity contribution in [1.29, 1.82) is 0 Å². The Labute approximate surface area is 198 Å². The molecule has 1 amide bonds. The molecule has 0 spiro atoms. The van der Waals surface area contributed by atoms with E-state index in [2.05, 4.69) is 5.32 Å². The third-order valence-corrected chi connectivity index (χ3v) is 5.16. The van der Waals surface area contributed by atoms with Crippen molar-refractivity contribution in [2.75, 3.05) is 35.0 Å². The highest BCUT2D eigenvalue weighted by Gasteiger charge is 2.19. The van der Waals surface area contributed by atoms with Crippen LogP contribution in [0.1, 0.15) is 27.5 Å². The van der Waals surface area contributed by atoms with Gasteiger partial charge >= 0.3 is 5.97 Å². The Balaban J connectivity index is 1.72. The summed E-state index contributed by atoms with van der Waals surface area (Å²) in [6.07, 6.45) is 0. The van der Waals surface area contributed by atoms with Gasteiger partial charge in [0.25, 0.3) is 5.91 Å². The maximum atomic E-state index is 12.7. The molecule has 178 valence electrons. The van der Waals surface area contributed by atoms with Crippen molar-refractivity contribution in [3.8, 4) is 23.0 Å². The Morgan fingerprint density at radius 3 is 1.71 bits per heavy atom. The first kappa shape index (κ1) is 24.4. The van der Waals surface area contributed by atoms with Crippen molar-refractivity contribution in [3.05, 3.63) is 83.4 Å². The molecule has 0 bridgehead atoms. The number of esters is 1. The Morgan fingerprint density at radius 1 is 0.706 bits per heavy atom. The third-order valence-electron chi connectivity index (χ3n) is 5.16. The zero-order valence-corrected chi connectivity index (χ0v) is 19.5. The normalized spacial score (nSPS) is 10.4. The van der Waals surface area contributed by atoms with Crippen LogP contribution in [0.3, 0.4) is 0 Å². The van der Waals surface area contributed by atoms with E-state index >= 15 is 0 Å². The molecule has 8 nitrogen and oxygen atoms in total. The number of rotatable bonds is 10. The van der Waals surface area contributed by atoms with Gasteiger partial charge in [-0.3, -0.25) is 4.79 Å². The molecule has 3 rings (SSSR count). The molecular formula is C26H27NO7. The van der Waals surface area contributed by atoms with Gasteiger partial charge in [0.1, 0.15) is 11.5 Å². The van der Waals surface area contributed by atoms with Gasteiger partial charge in [-0.25, -0.2) is 4.79 Å². The van der Waals surface area contributed by atoms with E-state index in [1.54, 1.807) is 26.4 Å². The first-order valence-corrected chi connectivity index (χ1v) is 10.5. The molecule has 3 aromatic carbocycles. The zero-order valence-electron chi connectivity index (χ0n) is 19.5. The van der Waals surface area contributed by atoms with E-state index in [0.717, 1.165) is 11.1 Å². The average molecular weight is 466 g/mol. The number of hydrogen-bond donors (Lipinski definition) is 1. The van der Waals surface area contributed by atoms with E-state index < -0.39 is 24.5 Å². The Hall–Kier alpha value is -4.20. The molecule has 0 aromatic heterocycles. The highest BCUT2D eigenvalue weighted by Crippen LogP contribution is 2.28. The Kier molecular flexibility index (Phi) is 8.34. The average Bonchev–Trinajstić information content (AvgIpc) is 2.90. The van der Waals surface area contributed by atoms with Crippen LogP contribution in [0.5, 0.6) is 23.0 Å². The molecule has 0 aliphatic carbocycles. The smallest absolute Gasteiger partial charge is 0.338 e. The van der Waals surface area contributed by atoms with Crippen LogP contribution in [0.2, 0.25) is 0 Å². The second-order valence-electron chi connectivity index (χ2n) is 7.19. The standard InChI is InChI=1S/C26H27NO7/c1-30-20-10-5-17(6-11-20)25(18-7-12-21(31-2)13-8-18)27-24(28)16-34-26(29)19-9-14-22(32-3)23(15-19)33-4/h5-15,25H,16H2,1-4H3,(H,27,28). The summed E-state index contributed by atoms with van der Waals surface area (Å²) in [6, 6.07) is 18.9. The number of carbonyl (C=O) groups is 2. The van der Waals surface area contributed by atoms with Crippen LogP contribution in [0, 0.1) is 0 Å². The van der Waals surface area contributed by atoms with Crippen LogP contribution in [0.4, 0.5) is 0 Å². The van der Waals surface area contributed by atoms with Crippen molar-refractivity contribution in [1.82, 2.24) is 5.32 Å². The predicted octanol–water partition coefficient (Wildman–Crippen LogP) is 3.78. The fourth-order valence-corrected chi connectivity index (χ4v) is 3.33. The van der Waals surface area contributed by atoms with Crippen LogP contribution < -0.4 is 24.3 Å². The summed E-state index contributed by atoms with van der Waals surface area (Å²) in [5.74, 6) is 1.17. The van der Waals surface area contributed by atoms with Crippen LogP contribution in [0.15, 0.2) is 66.7 Å². The molecule has 0 radical (unpaired) electrons. The lowest BCUT2D eigenvalue weighted by Gasteiger charge is -2.20. The summed E-state index contributed by atoms with van der Waals surface area (Å²) >= 11 is 0. The molecular weight excluding hydrogens is 438 g/mol. The minimum Gasteiger partial charge on any atom is -0.497 e. The van der Waals surface area contributed by atoms with E-state index in [1.807, 2.05) is 48.5 Å². The second kappa shape index (κ2) is 11.6. The third kappa shape index (κ3) is 5.98.